The Bertz CT molecular complexity index is 2190. The maximum atomic E-state index is 6.19. The second kappa shape index (κ2) is 9.93. The maximum Gasteiger partial charge on any atom is 0.164 e. The summed E-state index contributed by atoms with van der Waals surface area (Å²) in [5, 5.41) is 4.48. The van der Waals surface area contributed by atoms with Gasteiger partial charge >= 0.3 is 0 Å². The first-order valence-electron chi connectivity index (χ1n) is 14.3. The molecule has 1 aliphatic rings. The van der Waals surface area contributed by atoms with Crippen LogP contribution in [0.15, 0.2) is 132 Å². The molecule has 4 nitrogen and oxygen atoms in total. The third-order valence-corrected chi connectivity index (χ3v) is 8.17. The van der Waals surface area contributed by atoms with E-state index in [1.54, 1.807) is 0 Å². The first-order valence-corrected chi connectivity index (χ1v) is 14.3. The lowest BCUT2D eigenvalue weighted by molar-refractivity contribution is 0.669. The van der Waals surface area contributed by atoms with Crippen LogP contribution in [0.3, 0.4) is 0 Å². The van der Waals surface area contributed by atoms with E-state index in [4.69, 9.17) is 19.4 Å². The van der Waals surface area contributed by atoms with Crippen LogP contribution in [0.1, 0.15) is 18.9 Å². The van der Waals surface area contributed by atoms with Crippen molar-refractivity contribution in [2.45, 2.75) is 13.3 Å². The van der Waals surface area contributed by atoms with Gasteiger partial charge in [-0.15, -0.1) is 0 Å². The summed E-state index contributed by atoms with van der Waals surface area (Å²) in [6, 6.07) is 37.5. The molecule has 1 aliphatic carbocycles. The fraction of sp³-hybridized carbons (Fsp3) is 0.0789. The molecule has 8 rings (SSSR count). The van der Waals surface area contributed by atoms with E-state index in [1.807, 2.05) is 48.5 Å². The first-order chi connectivity index (χ1) is 20.7. The molecular weight excluding hydrogens is 514 g/mol. The van der Waals surface area contributed by atoms with Gasteiger partial charge in [0.25, 0.3) is 0 Å². The van der Waals surface area contributed by atoms with Crippen molar-refractivity contribution >= 4 is 38.3 Å². The van der Waals surface area contributed by atoms with Crippen molar-refractivity contribution in [2.75, 3.05) is 0 Å². The van der Waals surface area contributed by atoms with Gasteiger partial charge in [0, 0.05) is 27.5 Å². The molecule has 0 saturated carbocycles. The van der Waals surface area contributed by atoms with Crippen LogP contribution in [0.4, 0.5) is 0 Å². The largest absolute Gasteiger partial charge is 0.456 e. The van der Waals surface area contributed by atoms with E-state index in [2.05, 4.69) is 85.8 Å². The molecule has 0 radical (unpaired) electrons. The molecule has 0 fully saturated rings. The van der Waals surface area contributed by atoms with Crippen LogP contribution in [0.2, 0.25) is 0 Å². The minimum absolute atomic E-state index is 0.418. The van der Waals surface area contributed by atoms with Crippen LogP contribution >= 0.6 is 0 Å². The number of aromatic nitrogens is 3. The van der Waals surface area contributed by atoms with Gasteiger partial charge in [0.15, 0.2) is 17.5 Å². The predicted molar refractivity (Wildman–Crippen MR) is 172 cm³/mol. The number of hydrogen-bond acceptors (Lipinski definition) is 4. The smallest absolute Gasteiger partial charge is 0.164 e. The van der Waals surface area contributed by atoms with Gasteiger partial charge in [0.1, 0.15) is 11.2 Å². The molecule has 0 bridgehead atoms. The van der Waals surface area contributed by atoms with Gasteiger partial charge < -0.3 is 4.42 Å². The zero-order valence-electron chi connectivity index (χ0n) is 23.2. The second-order valence-corrected chi connectivity index (χ2v) is 10.9. The number of benzene rings is 5. The quantitative estimate of drug-likeness (QED) is 0.222. The molecule has 7 aromatic rings. The third kappa shape index (κ3) is 4.20. The summed E-state index contributed by atoms with van der Waals surface area (Å²) < 4.78 is 6.19. The Morgan fingerprint density at radius 2 is 1.33 bits per heavy atom. The Hall–Kier alpha value is -5.35. The van der Waals surface area contributed by atoms with E-state index in [0.29, 0.717) is 23.4 Å². The number of para-hydroxylation sites is 1. The average Bonchev–Trinajstić information content (AvgIpc) is 3.41. The van der Waals surface area contributed by atoms with E-state index in [1.165, 1.54) is 5.57 Å². The predicted octanol–water partition coefficient (Wildman–Crippen LogP) is 9.90. The average molecular weight is 542 g/mol. The summed E-state index contributed by atoms with van der Waals surface area (Å²) in [6.07, 6.45) is 7.61. The fourth-order valence-corrected chi connectivity index (χ4v) is 5.98. The minimum Gasteiger partial charge on any atom is -0.456 e. The molecule has 0 aliphatic heterocycles. The highest BCUT2D eigenvalue weighted by molar-refractivity contribution is 6.10. The summed E-state index contributed by atoms with van der Waals surface area (Å²) >= 11 is 0. The monoisotopic (exact) mass is 541 g/mol. The van der Waals surface area contributed by atoms with Crippen LogP contribution in [-0.2, 0) is 0 Å². The Kier molecular flexibility index (Phi) is 5.78. The molecule has 0 amide bonds. The molecule has 0 spiro atoms. The van der Waals surface area contributed by atoms with Crippen molar-refractivity contribution in [3.63, 3.8) is 0 Å². The summed E-state index contributed by atoms with van der Waals surface area (Å²) in [5.74, 6) is 2.39. The molecule has 0 N–H and O–H groups in total. The molecule has 2 aromatic heterocycles. The van der Waals surface area contributed by atoms with Crippen LogP contribution in [0, 0.1) is 5.92 Å². The van der Waals surface area contributed by atoms with Gasteiger partial charge in [0.05, 0.1) is 0 Å². The maximum absolute atomic E-state index is 6.19. The van der Waals surface area contributed by atoms with Gasteiger partial charge in [-0.05, 0) is 58.5 Å². The fourth-order valence-electron chi connectivity index (χ4n) is 5.98. The van der Waals surface area contributed by atoms with Crippen LogP contribution in [0.5, 0.6) is 0 Å². The summed E-state index contributed by atoms with van der Waals surface area (Å²) in [6.45, 7) is 2.27. The van der Waals surface area contributed by atoms with Crippen molar-refractivity contribution in [2.24, 2.45) is 5.92 Å². The molecule has 1 atom stereocenters. The molecule has 2 heterocycles. The normalized spacial score (nSPS) is 15.0. The molecule has 200 valence electrons. The number of furan rings is 1. The number of hydrogen-bond donors (Lipinski definition) is 0. The Morgan fingerprint density at radius 3 is 2.19 bits per heavy atom. The lowest BCUT2D eigenvalue weighted by atomic mass is 9.86. The zero-order chi connectivity index (χ0) is 28.0. The number of rotatable bonds is 4. The number of allylic oxidation sites excluding steroid dienone is 4. The SMILES string of the molecule is CC1CC=CC=C1c1ccccc1-c1nc(-c2ccccc2)nc(-c2ccc3cc4c(cc3c2)oc2ccccc24)n1. The van der Waals surface area contributed by atoms with Crippen molar-refractivity contribution in [1.29, 1.82) is 0 Å². The van der Waals surface area contributed by atoms with E-state index in [0.717, 1.165) is 61.4 Å². The molecular formula is C38H27N3O. The molecule has 4 heteroatoms. The van der Waals surface area contributed by atoms with Gasteiger partial charge in [-0.25, -0.2) is 15.0 Å². The summed E-state index contributed by atoms with van der Waals surface area (Å²) in [7, 11) is 0. The van der Waals surface area contributed by atoms with Gasteiger partial charge in [-0.2, -0.15) is 0 Å². The van der Waals surface area contributed by atoms with Gasteiger partial charge in [-0.1, -0.05) is 110 Å². The summed E-state index contributed by atoms with van der Waals surface area (Å²) in [4.78, 5) is 15.1. The third-order valence-electron chi connectivity index (χ3n) is 8.17. The van der Waals surface area contributed by atoms with E-state index < -0.39 is 0 Å². The second-order valence-electron chi connectivity index (χ2n) is 10.9. The first kappa shape index (κ1) is 24.4. The van der Waals surface area contributed by atoms with Crippen molar-refractivity contribution in [3.05, 3.63) is 133 Å². The molecule has 1 unspecified atom stereocenters. The Labute approximate surface area is 243 Å². The van der Waals surface area contributed by atoms with Crippen LogP contribution in [-0.4, -0.2) is 15.0 Å². The molecule has 42 heavy (non-hydrogen) atoms. The molecule has 0 saturated heterocycles. The lowest BCUT2D eigenvalue weighted by Gasteiger charge is -2.20. The zero-order valence-corrected chi connectivity index (χ0v) is 23.2. The van der Waals surface area contributed by atoms with E-state index in [-0.39, 0.29) is 0 Å². The van der Waals surface area contributed by atoms with Crippen molar-refractivity contribution in [1.82, 2.24) is 15.0 Å². The van der Waals surface area contributed by atoms with E-state index in [9.17, 15) is 0 Å². The lowest BCUT2D eigenvalue weighted by Crippen LogP contribution is -2.05. The number of fused-ring (bicyclic) bond motifs is 4. The minimum atomic E-state index is 0.418. The summed E-state index contributed by atoms with van der Waals surface area (Å²) in [5.41, 5.74) is 7.14. The van der Waals surface area contributed by atoms with Crippen LogP contribution < -0.4 is 0 Å². The van der Waals surface area contributed by atoms with Crippen molar-refractivity contribution in [3.8, 4) is 34.2 Å². The number of nitrogens with zero attached hydrogens (tertiary/aromatic N) is 3. The van der Waals surface area contributed by atoms with Gasteiger partial charge in [0.2, 0.25) is 0 Å². The Morgan fingerprint density at radius 1 is 0.595 bits per heavy atom. The van der Waals surface area contributed by atoms with E-state index >= 15 is 0 Å². The van der Waals surface area contributed by atoms with Gasteiger partial charge in [-0.3, -0.25) is 0 Å². The van der Waals surface area contributed by atoms with Crippen molar-refractivity contribution < 1.29 is 4.42 Å². The van der Waals surface area contributed by atoms with Crippen LogP contribution in [0.25, 0.3) is 72.4 Å². The standard InChI is InChI=1S/C38H27N3O/c1-24-11-5-6-14-29(24)30-15-7-8-17-32(30)38-40-36(25-12-3-2-4-13-25)39-37(41-38)27-20-19-26-22-33-31-16-9-10-18-34(31)42-35(33)23-28(26)21-27/h2-10,12-24H,11H2,1H3. The highest BCUT2D eigenvalue weighted by atomic mass is 16.3. The molecule has 5 aromatic carbocycles. The Balaban J connectivity index is 1.32. The topological polar surface area (TPSA) is 51.8 Å². The highest BCUT2D eigenvalue weighted by Crippen LogP contribution is 2.37. The highest BCUT2D eigenvalue weighted by Gasteiger charge is 2.20.